The Morgan fingerprint density at radius 1 is 0.621 bits per heavy atom. The van der Waals surface area contributed by atoms with E-state index in [1.54, 1.807) is 6.08 Å². The minimum absolute atomic E-state index is 0.0364. The number of benzene rings is 4. The van der Waals surface area contributed by atoms with E-state index in [4.69, 9.17) is 38.4 Å². The van der Waals surface area contributed by atoms with Crippen LogP contribution in [0.15, 0.2) is 158 Å². The molecule has 58 heavy (non-hydrogen) atoms. The molecule has 2 aromatic heterocycles. The number of nitrogens with two attached hydrogens (primary N) is 1. The maximum Gasteiger partial charge on any atom is 0.174 e. The highest BCUT2D eigenvalue weighted by molar-refractivity contribution is 6.31. The topological polar surface area (TPSA) is 77.8 Å². The predicted molar refractivity (Wildman–Crippen MR) is 238 cm³/mol. The van der Waals surface area contributed by atoms with E-state index < -0.39 is 17.9 Å². The highest BCUT2D eigenvalue weighted by atomic mass is 35.5. The Kier molecular flexibility index (Phi) is 13.3. The van der Waals surface area contributed by atoms with Crippen molar-refractivity contribution in [3.63, 3.8) is 0 Å². The molecular weight excluding hydrogens is 763 g/mol. The monoisotopic (exact) mass is 814 g/mol. The van der Waals surface area contributed by atoms with Gasteiger partial charge in [0, 0.05) is 39.9 Å². The molecule has 0 saturated carbocycles. The number of hydrogen-bond donors (Lipinski definition) is 2. The van der Waals surface area contributed by atoms with Crippen molar-refractivity contribution in [2.45, 2.75) is 70.2 Å². The van der Waals surface area contributed by atoms with Gasteiger partial charge in [0.1, 0.15) is 29.5 Å². The molecule has 3 N–H and O–H groups in total. The average Bonchev–Trinajstić information content (AvgIpc) is 3.93. The smallest absolute Gasteiger partial charge is 0.174 e. The van der Waals surface area contributed by atoms with Gasteiger partial charge in [-0.25, -0.2) is 0 Å². The summed E-state index contributed by atoms with van der Waals surface area (Å²) >= 11 is 14.3. The molecule has 1 aliphatic rings. The van der Waals surface area contributed by atoms with Crippen molar-refractivity contribution in [1.82, 2.24) is 14.0 Å². The normalized spacial score (nSPS) is 16.2. The number of aliphatic hydroxyl groups is 1. The quantitative estimate of drug-likeness (QED) is 0.0845. The van der Waals surface area contributed by atoms with Crippen molar-refractivity contribution in [1.29, 1.82) is 0 Å². The lowest BCUT2D eigenvalue weighted by Crippen LogP contribution is -2.63. The molecule has 0 fully saturated rings. The lowest BCUT2D eigenvalue weighted by atomic mass is 9.86. The van der Waals surface area contributed by atoms with Crippen LogP contribution in [0.3, 0.4) is 0 Å². The van der Waals surface area contributed by atoms with Gasteiger partial charge in [0.05, 0.1) is 18.9 Å². The zero-order valence-electron chi connectivity index (χ0n) is 33.2. The molecule has 0 amide bonds. The van der Waals surface area contributed by atoms with Gasteiger partial charge in [-0.3, -0.25) is 0 Å². The second-order valence-corrected chi connectivity index (χ2v) is 15.5. The molecule has 0 bridgehead atoms. The average molecular weight is 816 g/mol. The van der Waals surface area contributed by atoms with Crippen LogP contribution in [-0.4, -0.2) is 38.0 Å². The molecule has 4 aromatic carbocycles. The summed E-state index contributed by atoms with van der Waals surface area (Å²) in [5.41, 5.74) is 11.6. The largest absolute Gasteiger partial charge is 0.508 e. The van der Waals surface area contributed by atoms with E-state index in [9.17, 15) is 5.11 Å². The molecule has 9 heteroatoms. The fourth-order valence-electron chi connectivity index (χ4n) is 7.84. The molecule has 0 radical (unpaired) electrons. The van der Waals surface area contributed by atoms with Gasteiger partial charge in [-0.15, -0.1) is 0 Å². The van der Waals surface area contributed by atoms with Crippen molar-refractivity contribution in [3.05, 3.63) is 179 Å². The fraction of sp³-hybridized carbons (Fsp3) is 0.265. The first-order chi connectivity index (χ1) is 28.3. The summed E-state index contributed by atoms with van der Waals surface area (Å²) in [4.78, 5) is 2.00. The summed E-state index contributed by atoms with van der Waals surface area (Å²) in [5.74, 6) is 1.61. The van der Waals surface area contributed by atoms with Crippen LogP contribution in [0.5, 0.6) is 11.5 Å². The summed E-state index contributed by atoms with van der Waals surface area (Å²) in [6.07, 6.45) is 15.4. The Hall–Kier alpha value is -5.34. The molecule has 3 unspecified atom stereocenters. The van der Waals surface area contributed by atoms with Crippen LogP contribution in [0.2, 0.25) is 10.0 Å². The zero-order chi connectivity index (χ0) is 40.5. The van der Waals surface area contributed by atoms with E-state index in [0.717, 1.165) is 83.7 Å². The number of allylic oxidation sites excluding steroid dienone is 2. The maximum absolute atomic E-state index is 12.3. The highest BCUT2D eigenvalue weighted by Gasteiger charge is 2.51. The summed E-state index contributed by atoms with van der Waals surface area (Å²) in [6.45, 7) is 5.73. The van der Waals surface area contributed by atoms with Gasteiger partial charge in [-0.05, 0) is 127 Å². The SMILES string of the molecule is CCCCCOc1ccc(-c2cccn2C(c2ccccc2Cl)N2C=CC=C(O)C2(N)C(c2ccccc2Cl)n2cccc2-c2ccc(OCCCCC)cc2)cc1. The second-order valence-electron chi connectivity index (χ2n) is 14.7. The third-order valence-electron chi connectivity index (χ3n) is 10.8. The van der Waals surface area contributed by atoms with Crippen LogP contribution < -0.4 is 15.2 Å². The Morgan fingerprint density at radius 2 is 1.12 bits per heavy atom. The molecule has 7 rings (SSSR count). The third kappa shape index (κ3) is 8.58. The van der Waals surface area contributed by atoms with Crippen LogP contribution >= 0.6 is 23.2 Å². The van der Waals surface area contributed by atoms with E-state index in [2.05, 4.69) is 59.4 Å². The van der Waals surface area contributed by atoms with E-state index >= 15 is 0 Å². The third-order valence-corrected chi connectivity index (χ3v) is 11.5. The summed E-state index contributed by atoms with van der Waals surface area (Å²) in [6, 6.07) is 39.1. The van der Waals surface area contributed by atoms with Gasteiger partial charge in [-0.2, -0.15) is 0 Å². The van der Waals surface area contributed by atoms with Crippen LogP contribution in [0.4, 0.5) is 0 Å². The second kappa shape index (κ2) is 18.9. The number of halogens is 2. The standard InChI is InChI=1S/C49H52Cl2N4O3/c1-3-5-11-34-57-38-27-23-36(24-28-38)44-20-13-31-53(44)47(40-16-7-9-18-42(40)50)49(52)46(56)22-15-33-55(49)48(41-17-8-10-19-43(41)51)54-32-14-21-45(54)37-25-29-39(30-26-37)58-35-12-6-4-2/h7-10,13-33,47-48,56H,3-6,11-12,34-35,52H2,1-2H3. The molecule has 0 saturated heterocycles. The first-order valence-electron chi connectivity index (χ1n) is 20.3. The van der Waals surface area contributed by atoms with Gasteiger partial charge in [0.2, 0.25) is 0 Å². The van der Waals surface area contributed by atoms with E-state index in [-0.39, 0.29) is 5.76 Å². The minimum atomic E-state index is -1.61. The summed E-state index contributed by atoms with van der Waals surface area (Å²) in [5, 5.41) is 13.4. The number of unbranched alkanes of at least 4 members (excludes halogenated alkanes) is 4. The molecule has 3 atom stereocenters. The number of hydrogen-bond acceptors (Lipinski definition) is 5. The van der Waals surface area contributed by atoms with Crippen molar-refractivity contribution in [3.8, 4) is 34.0 Å². The van der Waals surface area contributed by atoms with Gasteiger partial charge < -0.3 is 34.3 Å². The molecular formula is C49H52Cl2N4O3. The Balaban J connectivity index is 1.35. The van der Waals surface area contributed by atoms with Crippen molar-refractivity contribution < 1.29 is 14.6 Å². The van der Waals surface area contributed by atoms with E-state index in [0.29, 0.717) is 23.3 Å². The fourth-order valence-corrected chi connectivity index (χ4v) is 8.31. The van der Waals surface area contributed by atoms with Crippen molar-refractivity contribution in [2.75, 3.05) is 13.2 Å². The molecule has 1 aliphatic heterocycles. The molecule has 0 aliphatic carbocycles. The van der Waals surface area contributed by atoms with Crippen LogP contribution in [0, 0.1) is 0 Å². The first-order valence-corrected chi connectivity index (χ1v) is 21.0. The van der Waals surface area contributed by atoms with Crippen LogP contribution in [0.1, 0.15) is 75.7 Å². The van der Waals surface area contributed by atoms with E-state index in [1.807, 2.05) is 114 Å². The Bertz CT molecular complexity index is 2310. The van der Waals surface area contributed by atoms with Gasteiger partial charge in [0.25, 0.3) is 0 Å². The number of aromatic nitrogens is 2. The van der Waals surface area contributed by atoms with Crippen molar-refractivity contribution >= 4 is 23.2 Å². The predicted octanol–water partition coefficient (Wildman–Crippen LogP) is 12.8. The van der Waals surface area contributed by atoms with Gasteiger partial charge in [0.15, 0.2) is 5.66 Å². The number of aliphatic hydroxyl groups excluding tert-OH is 1. The minimum Gasteiger partial charge on any atom is -0.508 e. The Labute approximate surface area is 352 Å². The zero-order valence-corrected chi connectivity index (χ0v) is 34.7. The highest BCUT2D eigenvalue weighted by Crippen LogP contribution is 2.47. The van der Waals surface area contributed by atoms with Crippen molar-refractivity contribution in [2.24, 2.45) is 5.73 Å². The van der Waals surface area contributed by atoms with Gasteiger partial charge >= 0.3 is 0 Å². The van der Waals surface area contributed by atoms with E-state index in [1.165, 1.54) is 0 Å². The number of nitrogens with zero attached hydrogens (tertiary/aromatic N) is 3. The van der Waals surface area contributed by atoms with Crippen LogP contribution in [0.25, 0.3) is 22.5 Å². The lowest BCUT2D eigenvalue weighted by Gasteiger charge is -2.51. The number of rotatable bonds is 18. The summed E-state index contributed by atoms with van der Waals surface area (Å²) in [7, 11) is 0. The van der Waals surface area contributed by atoms with Crippen LogP contribution in [-0.2, 0) is 0 Å². The number of ether oxygens (including phenoxy) is 2. The molecule has 0 spiro atoms. The summed E-state index contributed by atoms with van der Waals surface area (Å²) < 4.78 is 16.4. The molecule has 300 valence electrons. The lowest BCUT2D eigenvalue weighted by molar-refractivity contribution is 0.0417. The molecule has 3 heterocycles. The molecule has 6 aromatic rings. The molecule has 7 nitrogen and oxygen atoms in total. The van der Waals surface area contributed by atoms with Gasteiger partial charge in [-0.1, -0.05) is 99.1 Å². The maximum atomic E-state index is 12.3. The Morgan fingerprint density at radius 3 is 1.66 bits per heavy atom. The first kappa shape index (κ1) is 40.8.